The van der Waals surface area contributed by atoms with E-state index in [-0.39, 0.29) is 17.5 Å². The first-order valence-corrected chi connectivity index (χ1v) is 6.19. The van der Waals surface area contributed by atoms with Crippen LogP contribution < -0.4 is 0 Å². The van der Waals surface area contributed by atoms with Crippen molar-refractivity contribution in [2.75, 3.05) is 0 Å². The number of halogens is 2. The van der Waals surface area contributed by atoms with Gasteiger partial charge in [-0.15, -0.1) is 0 Å². The van der Waals surface area contributed by atoms with Crippen LogP contribution >= 0.6 is 23.2 Å². The summed E-state index contributed by atoms with van der Waals surface area (Å²) in [6.45, 7) is 0. The van der Waals surface area contributed by atoms with Crippen molar-refractivity contribution in [3.05, 3.63) is 40.8 Å². The number of aromatic nitrogens is 4. The average molecular weight is 309 g/mol. The van der Waals surface area contributed by atoms with Gasteiger partial charge in [0.1, 0.15) is 11.4 Å². The standard InChI is InChI=1S/C12H6Cl2N4O2/c13-6-3-8(14)10(16-4-6)11-17-12(20-18-11)7-1-2-15-5-9(7)19/h1-5,19H. The first-order valence-electron chi connectivity index (χ1n) is 5.43. The highest BCUT2D eigenvalue weighted by atomic mass is 35.5. The molecule has 100 valence electrons. The van der Waals surface area contributed by atoms with Crippen molar-refractivity contribution in [1.29, 1.82) is 0 Å². The molecule has 0 radical (unpaired) electrons. The predicted octanol–water partition coefficient (Wildman–Crippen LogP) is 3.21. The van der Waals surface area contributed by atoms with E-state index in [2.05, 4.69) is 20.1 Å². The molecule has 0 atom stereocenters. The van der Waals surface area contributed by atoms with Gasteiger partial charge in [0.15, 0.2) is 0 Å². The Bertz CT molecular complexity index is 776. The molecule has 0 saturated carbocycles. The predicted molar refractivity (Wildman–Crippen MR) is 72.4 cm³/mol. The van der Waals surface area contributed by atoms with Crippen LogP contribution in [0.25, 0.3) is 23.0 Å². The topological polar surface area (TPSA) is 84.9 Å². The van der Waals surface area contributed by atoms with Gasteiger partial charge in [0.2, 0.25) is 5.82 Å². The summed E-state index contributed by atoms with van der Waals surface area (Å²) < 4.78 is 5.09. The zero-order valence-corrected chi connectivity index (χ0v) is 11.3. The van der Waals surface area contributed by atoms with Crippen LogP contribution in [0, 0.1) is 0 Å². The van der Waals surface area contributed by atoms with Gasteiger partial charge in [-0.05, 0) is 12.1 Å². The van der Waals surface area contributed by atoms with Gasteiger partial charge >= 0.3 is 0 Å². The Morgan fingerprint density at radius 3 is 2.80 bits per heavy atom. The second-order valence-corrected chi connectivity index (χ2v) is 4.64. The van der Waals surface area contributed by atoms with E-state index >= 15 is 0 Å². The van der Waals surface area contributed by atoms with Gasteiger partial charge in [-0.3, -0.25) is 4.98 Å². The lowest BCUT2D eigenvalue weighted by atomic mass is 10.2. The Balaban J connectivity index is 2.04. The maximum atomic E-state index is 9.69. The van der Waals surface area contributed by atoms with E-state index in [0.29, 0.717) is 21.3 Å². The Morgan fingerprint density at radius 1 is 1.20 bits per heavy atom. The monoisotopic (exact) mass is 308 g/mol. The largest absolute Gasteiger partial charge is 0.505 e. The van der Waals surface area contributed by atoms with Crippen molar-refractivity contribution in [1.82, 2.24) is 20.1 Å². The molecule has 0 aliphatic rings. The fourth-order valence-corrected chi connectivity index (χ4v) is 2.04. The van der Waals surface area contributed by atoms with Crippen LogP contribution in [-0.2, 0) is 0 Å². The SMILES string of the molecule is Oc1cnccc1-c1nc(-c2ncc(Cl)cc2Cl)no1. The molecule has 0 spiro atoms. The molecule has 0 fully saturated rings. The lowest BCUT2D eigenvalue weighted by Gasteiger charge is -1.98. The lowest BCUT2D eigenvalue weighted by Crippen LogP contribution is -1.87. The molecule has 3 heterocycles. The summed E-state index contributed by atoms with van der Waals surface area (Å²) >= 11 is 11.8. The van der Waals surface area contributed by atoms with E-state index in [4.69, 9.17) is 27.7 Å². The van der Waals surface area contributed by atoms with E-state index in [1.54, 1.807) is 6.07 Å². The van der Waals surface area contributed by atoms with Crippen molar-refractivity contribution < 1.29 is 9.63 Å². The molecule has 0 amide bonds. The summed E-state index contributed by atoms with van der Waals surface area (Å²) in [6.07, 6.45) is 4.22. The molecule has 8 heteroatoms. The Hall–Kier alpha value is -2.18. The minimum absolute atomic E-state index is 0.0575. The zero-order valence-electron chi connectivity index (χ0n) is 9.79. The summed E-state index contributed by atoms with van der Waals surface area (Å²) in [5.74, 6) is 0.295. The van der Waals surface area contributed by atoms with Crippen molar-refractivity contribution >= 4 is 23.2 Å². The maximum absolute atomic E-state index is 9.69. The van der Waals surface area contributed by atoms with Gasteiger partial charge < -0.3 is 9.63 Å². The number of hydrogen-bond donors (Lipinski definition) is 1. The summed E-state index contributed by atoms with van der Waals surface area (Å²) in [6, 6.07) is 3.09. The quantitative estimate of drug-likeness (QED) is 0.782. The fraction of sp³-hybridized carbons (Fsp3) is 0. The van der Waals surface area contributed by atoms with Gasteiger partial charge in [-0.25, -0.2) is 4.98 Å². The van der Waals surface area contributed by atoms with Crippen molar-refractivity contribution in [3.8, 4) is 28.7 Å². The number of hydrogen-bond acceptors (Lipinski definition) is 6. The van der Waals surface area contributed by atoms with Gasteiger partial charge in [-0.2, -0.15) is 4.98 Å². The highest BCUT2D eigenvalue weighted by Crippen LogP contribution is 2.30. The molecule has 0 unspecified atom stereocenters. The molecular formula is C12H6Cl2N4O2. The summed E-state index contributed by atoms with van der Waals surface area (Å²) in [5, 5.41) is 14.2. The Labute approximate surface area is 123 Å². The molecule has 1 N–H and O–H groups in total. The molecule has 0 aliphatic carbocycles. The molecule has 0 bridgehead atoms. The van der Waals surface area contributed by atoms with Gasteiger partial charge in [0.25, 0.3) is 5.89 Å². The van der Waals surface area contributed by atoms with Crippen LogP contribution in [0.4, 0.5) is 0 Å². The third-order valence-corrected chi connectivity index (χ3v) is 2.97. The molecule has 20 heavy (non-hydrogen) atoms. The number of pyridine rings is 2. The first-order chi connectivity index (χ1) is 9.65. The number of aromatic hydroxyl groups is 1. The molecule has 0 saturated heterocycles. The van der Waals surface area contributed by atoms with Gasteiger partial charge in [0.05, 0.1) is 21.8 Å². The lowest BCUT2D eigenvalue weighted by molar-refractivity contribution is 0.425. The van der Waals surface area contributed by atoms with E-state index in [0.717, 1.165) is 0 Å². The second kappa shape index (κ2) is 5.07. The highest BCUT2D eigenvalue weighted by Gasteiger charge is 2.16. The average Bonchev–Trinajstić information content (AvgIpc) is 2.88. The first kappa shape index (κ1) is 12.8. The van der Waals surface area contributed by atoms with E-state index in [9.17, 15) is 5.11 Å². The minimum Gasteiger partial charge on any atom is -0.505 e. The summed E-state index contributed by atoms with van der Waals surface area (Å²) in [4.78, 5) is 12.0. The van der Waals surface area contributed by atoms with E-state index < -0.39 is 0 Å². The van der Waals surface area contributed by atoms with Crippen molar-refractivity contribution in [2.45, 2.75) is 0 Å². The molecule has 0 aromatic carbocycles. The van der Waals surface area contributed by atoms with Crippen molar-refractivity contribution in [2.24, 2.45) is 0 Å². The Morgan fingerprint density at radius 2 is 2.05 bits per heavy atom. The van der Waals surface area contributed by atoms with Crippen molar-refractivity contribution in [3.63, 3.8) is 0 Å². The third kappa shape index (κ3) is 2.31. The van der Waals surface area contributed by atoms with Crippen LogP contribution in [0.5, 0.6) is 5.75 Å². The minimum atomic E-state index is -0.0575. The second-order valence-electron chi connectivity index (χ2n) is 3.80. The van der Waals surface area contributed by atoms with E-state index in [1.165, 1.54) is 24.7 Å². The molecule has 3 aromatic rings. The molecule has 0 aliphatic heterocycles. The molecule has 6 nitrogen and oxygen atoms in total. The number of nitrogens with zero attached hydrogens (tertiary/aromatic N) is 4. The van der Waals surface area contributed by atoms with Gasteiger partial charge in [0, 0.05) is 12.4 Å². The summed E-state index contributed by atoms with van der Waals surface area (Å²) in [5.41, 5.74) is 0.725. The van der Waals surface area contributed by atoms with Crippen LogP contribution in [0.1, 0.15) is 0 Å². The van der Waals surface area contributed by atoms with E-state index in [1.807, 2.05) is 0 Å². The molecular weight excluding hydrogens is 303 g/mol. The third-order valence-electron chi connectivity index (χ3n) is 2.48. The zero-order chi connectivity index (χ0) is 14.1. The maximum Gasteiger partial charge on any atom is 0.262 e. The normalized spacial score (nSPS) is 10.7. The molecule has 3 aromatic heterocycles. The van der Waals surface area contributed by atoms with Crippen LogP contribution in [0.2, 0.25) is 10.0 Å². The smallest absolute Gasteiger partial charge is 0.262 e. The van der Waals surface area contributed by atoms with Crippen LogP contribution in [0.3, 0.4) is 0 Å². The summed E-state index contributed by atoms with van der Waals surface area (Å²) in [7, 11) is 0. The number of rotatable bonds is 2. The molecule has 3 rings (SSSR count). The van der Waals surface area contributed by atoms with Crippen LogP contribution in [0.15, 0.2) is 35.2 Å². The Kier molecular flexibility index (Phi) is 3.25. The highest BCUT2D eigenvalue weighted by molar-refractivity contribution is 6.35. The van der Waals surface area contributed by atoms with Gasteiger partial charge in [-0.1, -0.05) is 28.4 Å². The fourth-order valence-electron chi connectivity index (χ4n) is 1.58. The van der Waals surface area contributed by atoms with Crippen LogP contribution in [-0.4, -0.2) is 25.2 Å².